The minimum atomic E-state index is -0.836. The van der Waals surface area contributed by atoms with Crippen LogP contribution in [0.3, 0.4) is 0 Å². The Morgan fingerprint density at radius 2 is 2.07 bits per heavy atom. The average Bonchev–Trinajstić information content (AvgIpc) is 2.08. The number of carbonyl (C=O) groups excluding carboxylic acids is 1. The van der Waals surface area contributed by atoms with Gasteiger partial charge in [-0.05, 0) is 13.3 Å². The van der Waals surface area contributed by atoms with Gasteiger partial charge in [0.25, 0.3) is 0 Å². The van der Waals surface area contributed by atoms with Gasteiger partial charge in [0.1, 0.15) is 5.41 Å². The van der Waals surface area contributed by atoms with Crippen LogP contribution in [0.25, 0.3) is 0 Å². The number of hydrogen-bond acceptors (Lipinski definition) is 2. The van der Waals surface area contributed by atoms with Crippen molar-refractivity contribution < 1.29 is 14.7 Å². The third-order valence-corrected chi connectivity index (χ3v) is 2.41. The number of hydrogen-bond donors (Lipinski definition) is 2. The van der Waals surface area contributed by atoms with Gasteiger partial charge >= 0.3 is 12.0 Å². The summed E-state index contributed by atoms with van der Waals surface area (Å²) < 4.78 is 0. The van der Waals surface area contributed by atoms with Crippen molar-refractivity contribution in [3.63, 3.8) is 0 Å². The minimum Gasteiger partial charge on any atom is -0.481 e. The van der Waals surface area contributed by atoms with Crippen molar-refractivity contribution >= 4 is 12.0 Å². The van der Waals surface area contributed by atoms with E-state index in [0.29, 0.717) is 19.6 Å². The highest BCUT2D eigenvalue weighted by atomic mass is 16.4. The Bertz CT molecular complexity index is 246. The van der Waals surface area contributed by atoms with Crippen LogP contribution >= 0.6 is 0 Å². The Morgan fingerprint density at radius 3 is 2.50 bits per heavy atom. The molecule has 1 aliphatic rings. The minimum absolute atomic E-state index is 0.162. The maximum Gasteiger partial charge on any atom is 0.317 e. The molecule has 0 aromatic rings. The highest BCUT2D eigenvalue weighted by Crippen LogP contribution is 2.29. The summed E-state index contributed by atoms with van der Waals surface area (Å²) >= 11 is 0. The molecule has 0 unspecified atom stereocenters. The van der Waals surface area contributed by atoms with Gasteiger partial charge in [-0.3, -0.25) is 4.79 Å². The fourth-order valence-electron chi connectivity index (χ4n) is 1.42. The number of nitrogens with zero attached hydrogens (tertiary/aromatic N) is 1. The van der Waals surface area contributed by atoms with Crippen molar-refractivity contribution in [3.8, 4) is 0 Å². The molecule has 1 fully saturated rings. The first-order valence-corrected chi connectivity index (χ1v) is 4.76. The number of carbonyl (C=O) groups is 2. The number of carboxylic acid groups (broad SMARTS) is 1. The quantitative estimate of drug-likeness (QED) is 0.697. The number of nitrogens with one attached hydrogen (secondary N) is 1. The number of urea groups is 1. The molecule has 0 aromatic carbocycles. The highest BCUT2D eigenvalue weighted by molar-refractivity contribution is 5.82. The van der Waals surface area contributed by atoms with Crippen molar-refractivity contribution in [3.05, 3.63) is 0 Å². The Hall–Kier alpha value is -1.26. The van der Waals surface area contributed by atoms with Crippen LogP contribution in [0.15, 0.2) is 0 Å². The fourth-order valence-corrected chi connectivity index (χ4v) is 1.42. The van der Waals surface area contributed by atoms with Crippen molar-refractivity contribution in [1.82, 2.24) is 10.2 Å². The second kappa shape index (κ2) is 3.86. The van der Waals surface area contributed by atoms with Crippen LogP contribution in [-0.4, -0.2) is 41.6 Å². The van der Waals surface area contributed by atoms with Crippen LogP contribution in [0.4, 0.5) is 4.79 Å². The van der Waals surface area contributed by atoms with Crippen molar-refractivity contribution in [2.75, 3.05) is 19.6 Å². The molecule has 0 aromatic heterocycles. The van der Waals surface area contributed by atoms with Crippen molar-refractivity contribution in [1.29, 1.82) is 0 Å². The lowest BCUT2D eigenvalue weighted by Crippen LogP contribution is -2.62. The second-order valence-corrected chi connectivity index (χ2v) is 3.95. The Kier molecular flexibility index (Phi) is 2.98. The SMILES string of the molecule is CCCNC(=O)N1CC(C)(C(=O)O)C1. The molecular formula is C9H16N2O3. The van der Waals surface area contributed by atoms with E-state index >= 15 is 0 Å². The topological polar surface area (TPSA) is 69.6 Å². The first kappa shape index (κ1) is 10.8. The molecule has 0 aliphatic carbocycles. The number of rotatable bonds is 3. The van der Waals surface area contributed by atoms with Gasteiger partial charge in [-0.15, -0.1) is 0 Å². The first-order valence-electron chi connectivity index (χ1n) is 4.76. The molecule has 1 heterocycles. The van der Waals surface area contributed by atoms with Crippen LogP contribution in [0.2, 0.25) is 0 Å². The van der Waals surface area contributed by atoms with Gasteiger partial charge in [0.15, 0.2) is 0 Å². The molecule has 2 N–H and O–H groups in total. The van der Waals surface area contributed by atoms with E-state index in [1.807, 2.05) is 6.92 Å². The van der Waals surface area contributed by atoms with Gasteiger partial charge < -0.3 is 15.3 Å². The summed E-state index contributed by atoms with van der Waals surface area (Å²) in [6.07, 6.45) is 0.885. The molecule has 1 rings (SSSR count). The van der Waals surface area contributed by atoms with Crippen molar-refractivity contribution in [2.24, 2.45) is 5.41 Å². The molecule has 14 heavy (non-hydrogen) atoms. The largest absolute Gasteiger partial charge is 0.481 e. The summed E-state index contributed by atoms with van der Waals surface area (Å²) in [7, 11) is 0. The number of likely N-dealkylation sites (tertiary alicyclic amines) is 1. The molecular weight excluding hydrogens is 184 g/mol. The molecule has 5 nitrogen and oxygen atoms in total. The lowest BCUT2D eigenvalue weighted by molar-refractivity contribution is -0.155. The van der Waals surface area contributed by atoms with E-state index in [0.717, 1.165) is 6.42 Å². The van der Waals surface area contributed by atoms with E-state index in [4.69, 9.17) is 5.11 Å². The predicted octanol–water partition coefficient (Wildman–Crippen LogP) is 0.513. The lowest BCUT2D eigenvalue weighted by Gasteiger charge is -2.44. The van der Waals surface area contributed by atoms with E-state index in [9.17, 15) is 9.59 Å². The monoisotopic (exact) mass is 200 g/mol. The number of amides is 2. The fraction of sp³-hybridized carbons (Fsp3) is 0.778. The molecule has 0 radical (unpaired) electrons. The summed E-state index contributed by atoms with van der Waals surface area (Å²) in [5.41, 5.74) is -0.746. The zero-order valence-electron chi connectivity index (χ0n) is 8.54. The second-order valence-electron chi connectivity index (χ2n) is 3.95. The molecule has 1 aliphatic heterocycles. The van der Waals surface area contributed by atoms with E-state index in [2.05, 4.69) is 5.32 Å². The zero-order chi connectivity index (χ0) is 10.8. The number of carboxylic acids is 1. The molecule has 0 saturated carbocycles. The molecule has 0 atom stereocenters. The van der Waals surface area contributed by atoms with Crippen LogP contribution in [0.5, 0.6) is 0 Å². The molecule has 0 bridgehead atoms. The van der Waals surface area contributed by atoms with Gasteiger partial charge in [-0.2, -0.15) is 0 Å². The van der Waals surface area contributed by atoms with Crippen LogP contribution in [0, 0.1) is 5.41 Å². The average molecular weight is 200 g/mol. The molecule has 0 spiro atoms. The third-order valence-electron chi connectivity index (χ3n) is 2.41. The van der Waals surface area contributed by atoms with Crippen LogP contribution in [0.1, 0.15) is 20.3 Å². The zero-order valence-corrected chi connectivity index (χ0v) is 8.54. The van der Waals surface area contributed by atoms with Crippen molar-refractivity contribution in [2.45, 2.75) is 20.3 Å². The van der Waals surface area contributed by atoms with E-state index in [1.165, 1.54) is 4.90 Å². The maximum absolute atomic E-state index is 11.3. The van der Waals surface area contributed by atoms with Gasteiger partial charge in [-0.25, -0.2) is 4.79 Å². The Balaban J connectivity index is 2.33. The van der Waals surface area contributed by atoms with Gasteiger partial charge in [0, 0.05) is 19.6 Å². The molecule has 5 heteroatoms. The summed E-state index contributed by atoms with van der Waals surface area (Å²) in [6, 6.07) is -0.162. The maximum atomic E-state index is 11.3. The Labute approximate surface area is 83.1 Å². The van der Waals surface area contributed by atoms with Gasteiger partial charge in [0.05, 0.1) is 0 Å². The summed E-state index contributed by atoms with van der Waals surface area (Å²) in [5.74, 6) is -0.836. The van der Waals surface area contributed by atoms with E-state index in [-0.39, 0.29) is 6.03 Å². The molecule has 80 valence electrons. The molecule has 1 saturated heterocycles. The van der Waals surface area contributed by atoms with Gasteiger partial charge in [0.2, 0.25) is 0 Å². The highest BCUT2D eigenvalue weighted by Gasteiger charge is 2.47. The predicted molar refractivity (Wildman–Crippen MR) is 51.0 cm³/mol. The smallest absolute Gasteiger partial charge is 0.317 e. The van der Waals surface area contributed by atoms with Gasteiger partial charge in [-0.1, -0.05) is 6.92 Å². The first-order chi connectivity index (χ1) is 6.49. The lowest BCUT2D eigenvalue weighted by atomic mass is 9.82. The molecule has 2 amide bonds. The van der Waals surface area contributed by atoms with Crippen LogP contribution in [-0.2, 0) is 4.79 Å². The summed E-state index contributed by atoms with van der Waals surface area (Å²) in [5, 5.41) is 11.5. The Morgan fingerprint density at radius 1 is 1.50 bits per heavy atom. The third kappa shape index (κ3) is 1.97. The summed E-state index contributed by atoms with van der Waals surface area (Å²) in [6.45, 7) is 4.87. The number of aliphatic carboxylic acids is 1. The standard InChI is InChI=1S/C9H16N2O3/c1-3-4-10-8(14)11-5-9(2,6-11)7(12)13/h3-6H2,1-2H3,(H,10,14)(H,12,13). The summed E-state index contributed by atoms with van der Waals surface area (Å²) in [4.78, 5) is 23.6. The normalized spacial score (nSPS) is 18.6. The van der Waals surface area contributed by atoms with Crippen LogP contribution < -0.4 is 5.32 Å². The van der Waals surface area contributed by atoms with E-state index < -0.39 is 11.4 Å². The van der Waals surface area contributed by atoms with E-state index in [1.54, 1.807) is 6.92 Å².